The molecule has 1 unspecified atom stereocenters. The van der Waals surface area contributed by atoms with Gasteiger partial charge in [0.2, 0.25) is 0 Å². The van der Waals surface area contributed by atoms with Gasteiger partial charge in [-0.1, -0.05) is 12.8 Å². The number of ether oxygens (including phenoxy) is 1. The number of methoxy groups -OCH3 is 1. The highest BCUT2D eigenvalue weighted by Crippen LogP contribution is 2.29. The van der Waals surface area contributed by atoms with Crippen molar-refractivity contribution in [3.63, 3.8) is 0 Å². The zero-order valence-corrected chi connectivity index (χ0v) is 10.6. The monoisotopic (exact) mass is 226 g/mol. The van der Waals surface area contributed by atoms with Crippen LogP contribution in [-0.2, 0) is 4.74 Å². The summed E-state index contributed by atoms with van der Waals surface area (Å²) in [6.07, 6.45) is 7.72. The van der Waals surface area contributed by atoms with E-state index < -0.39 is 0 Å². The van der Waals surface area contributed by atoms with E-state index in [1.807, 2.05) is 0 Å². The summed E-state index contributed by atoms with van der Waals surface area (Å²) in [5, 5.41) is 0. The van der Waals surface area contributed by atoms with Crippen LogP contribution in [0, 0.1) is 5.92 Å². The lowest BCUT2D eigenvalue weighted by Gasteiger charge is -2.37. The molecule has 1 saturated heterocycles. The third kappa shape index (κ3) is 3.19. The summed E-state index contributed by atoms with van der Waals surface area (Å²) in [4.78, 5) is 2.57. The summed E-state index contributed by atoms with van der Waals surface area (Å²) in [5.41, 5.74) is 6.56. The van der Waals surface area contributed by atoms with Crippen LogP contribution in [-0.4, -0.2) is 43.8 Å². The molecule has 1 aliphatic carbocycles. The summed E-state index contributed by atoms with van der Waals surface area (Å²) in [7, 11) is 1.81. The topological polar surface area (TPSA) is 38.5 Å². The Bertz CT molecular complexity index is 212. The van der Waals surface area contributed by atoms with Crippen molar-refractivity contribution in [2.24, 2.45) is 11.7 Å². The first kappa shape index (κ1) is 12.3. The molecule has 0 aromatic carbocycles. The molecule has 2 aliphatic rings. The van der Waals surface area contributed by atoms with Gasteiger partial charge in [-0.25, -0.2) is 0 Å². The van der Waals surface area contributed by atoms with Crippen molar-refractivity contribution in [3.05, 3.63) is 0 Å². The highest BCUT2D eigenvalue weighted by Gasteiger charge is 2.32. The van der Waals surface area contributed by atoms with Crippen molar-refractivity contribution in [2.75, 3.05) is 33.4 Å². The Morgan fingerprint density at radius 3 is 2.75 bits per heavy atom. The lowest BCUT2D eigenvalue weighted by atomic mass is 9.94. The Morgan fingerprint density at radius 1 is 1.31 bits per heavy atom. The van der Waals surface area contributed by atoms with E-state index in [4.69, 9.17) is 10.5 Å². The minimum atomic E-state index is 0.120. The lowest BCUT2D eigenvalue weighted by Crippen LogP contribution is -2.51. The van der Waals surface area contributed by atoms with E-state index in [1.165, 1.54) is 51.6 Å². The van der Waals surface area contributed by atoms with Gasteiger partial charge in [0, 0.05) is 25.7 Å². The van der Waals surface area contributed by atoms with Gasteiger partial charge < -0.3 is 15.4 Å². The molecule has 1 heterocycles. The molecule has 94 valence electrons. The molecule has 0 spiro atoms. The molecule has 2 fully saturated rings. The summed E-state index contributed by atoms with van der Waals surface area (Å²) in [6.45, 7) is 4.44. The maximum atomic E-state index is 6.44. The minimum Gasteiger partial charge on any atom is -0.384 e. The third-order valence-corrected chi connectivity index (χ3v) is 4.14. The van der Waals surface area contributed by atoms with Crippen LogP contribution in [0.4, 0.5) is 0 Å². The molecular formula is C13H26N2O. The number of nitrogens with two attached hydrogens (primary N) is 1. The molecule has 2 N–H and O–H groups in total. The molecule has 1 saturated carbocycles. The summed E-state index contributed by atoms with van der Waals surface area (Å²) in [6, 6.07) is 0. The first-order valence-corrected chi connectivity index (χ1v) is 6.72. The summed E-state index contributed by atoms with van der Waals surface area (Å²) in [5.74, 6) is 0.726. The quantitative estimate of drug-likeness (QED) is 0.791. The van der Waals surface area contributed by atoms with Crippen LogP contribution in [0.3, 0.4) is 0 Å². The van der Waals surface area contributed by atoms with Crippen molar-refractivity contribution in [1.29, 1.82) is 0 Å². The van der Waals surface area contributed by atoms with Crippen LogP contribution < -0.4 is 5.73 Å². The molecule has 16 heavy (non-hydrogen) atoms. The van der Waals surface area contributed by atoms with Crippen LogP contribution in [0.25, 0.3) is 0 Å². The molecule has 3 nitrogen and oxygen atoms in total. The second-order valence-corrected chi connectivity index (χ2v) is 5.77. The second-order valence-electron chi connectivity index (χ2n) is 5.77. The van der Waals surface area contributed by atoms with Gasteiger partial charge in [0.1, 0.15) is 0 Å². The first-order chi connectivity index (χ1) is 7.72. The largest absolute Gasteiger partial charge is 0.384 e. The third-order valence-electron chi connectivity index (χ3n) is 4.14. The van der Waals surface area contributed by atoms with Crippen LogP contribution in [0.5, 0.6) is 0 Å². The lowest BCUT2D eigenvalue weighted by molar-refractivity contribution is 0.0790. The predicted molar refractivity (Wildman–Crippen MR) is 66.4 cm³/mol. The summed E-state index contributed by atoms with van der Waals surface area (Å²) < 4.78 is 5.27. The highest BCUT2D eigenvalue weighted by molar-refractivity contribution is 4.93. The van der Waals surface area contributed by atoms with Gasteiger partial charge in [-0.05, 0) is 38.1 Å². The van der Waals surface area contributed by atoms with Crippen LogP contribution in [0.15, 0.2) is 0 Å². The molecule has 3 heteroatoms. The van der Waals surface area contributed by atoms with Gasteiger partial charge in [-0.2, -0.15) is 0 Å². The Kier molecular flexibility index (Phi) is 4.22. The van der Waals surface area contributed by atoms with Crippen LogP contribution in [0.2, 0.25) is 0 Å². The highest BCUT2D eigenvalue weighted by atomic mass is 16.5. The number of nitrogens with zero attached hydrogens (tertiary/aromatic N) is 1. The molecule has 1 aliphatic heterocycles. The second kappa shape index (κ2) is 5.48. The zero-order chi connectivity index (χ0) is 11.4. The smallest absolute Gasteiger partial charge is 0.0502 e. The Balaban J connectivity index is 1.80. The fourth-order valence-electron chi connectivity index (χ4n) is 3.35. The van der Waals surface area contributed by atoms with E-state index in [2.05, 4.69) is 4.90 Å². The van der Waals surface area contributed by atoms with Gasteiger partial charge in [-0.15, -0.1) is 0 Å². The number of hydrogen-bond donors (Lipinski definition) is 1. The van der Waals surface area contributed by atoms with E-state index in [0.717, 1.165) is 19.1 Å². The van der Waals surface area contributed by atoms with Crippen molar-refractivity contribution < 1.29 is 4.74 Å². The van der Waals surface area contributed by atoms with Crippen LogP contribution in [0.1, 0.15) is 38.5 Å². The van der Waals surface area contributed by atoms with E-state index in [0.29, 0.717) is 0 Å². The van der Waals surface area contributed by atoms with Gasteiger partial charge >= 0.3 is 0 Å². The minimum absolute atomic E-state index is 0.120. The van der Waals surface area contributed by atoms with Crippen molar-refractivity contribution in [3.8, 4) is 0 Å². The van der Waals surface area contributed by atoms with Gasteiger partial charge in [0.05, 0.1) is 6.61 Å². The van der Waals surface area contributed by atoms with E-state index >= 15 is 0 Å². The van der Waals surface area contributed by atoms with Crippen molar-refractivity contribution >= 4 is 0 Å². The van der Waals surface area contributed by atoms with Crippen LogP contribution >= 0.6 is 0 Å². The number of rotatable bonds is 4. The fraction of sp³-hybridized carbons (Fsp3) is 1.00. The first-order valence-electron chi connectivity index (χ1n) is 6.72. The molecule has 0 amide bonds. The summed E-state index contributed by atoms with van der Waals surface area (Å²) >= 11 is 0. The van der Waals surface area contributed by atoms with E-state index in [1.54, 1.807) is 7.11 Å². The van der Waals surface area contributed by atoms with Gasteiger partial charge in [0.15, 0.2) is 0 Å². The number of likely N-dealkylation sites (tertiary alicyclic amines) is 1. The van der Waals surface area contributed by atoms with E-state index in [-0.39, 0.29) is 5.54 Å². The molecular weight excluding hydrogens is 200 g/mol. The molecule has 2 rings (SSSR count). The Morgan fingerprint density at radius 2 is 2.06 bits per heavy atom. The average molecular weight is 226 g/mol. The van der Waals surface area contributed by atoms with Crippen molar-refractivity contribution in [2.45, 2.75) is 44.1 Å². The molecule has 1 atom stereocenters. The molecule has 0 radical (unpaired) electrons. The van der Waals surface area contributed by atoms with E-state index in [9.17, 15) is 0 Å². The SMILES string of the molecule is COCC1CCCN(CC2(N)CCCC2)C1. The predicted octanol–water partition coefficient (Wildman–Crippen LogP) is 1.62. The molecule has 0 aromatic rings. The molecule has 0 bridgehead atoms. The van der Waals surface area contributed by atoms with Crippen molar-refractivity contribution in [1.82, 2.24) is 4.90 Å². The normalized spacial score (nSPS) is 30.8. The maximum absolute atomic E-state index is 6.44. The average Bonchev–Trinajstić information content (AvgIpc) is 2.66. The van der Waals surface area contributed by atoms with Gasteiger partial charge in [-0.3, -0.25) is 0 Å². The zero-order valence-electron chi connectivity index (χ0n) is 10.6. The Hall–Kier alpha value is -0.120. The number of hydrogen-bond acceptors (Lipinski definition) is 3. The standard InChI is InChI=1S/C13H26N2O/c1-16-10-12-5-4-8-15(9-12)11-13(14)6-2-3-7-13/h12H,2-11,14H2,1H3. The maximum Gasteiger partial charge on any atom is 0.0502 e. The fourth-order valence-corrected chi connectivity index (χ4v) is 3.35. The van der Waals surface area contributed by atoms with Gasteiger partial charge in [0.25, 0.3) is 0 Å². The Labute approximate surface area is 99.3 Å². The molecule has 0 aromatic heterocycles. The number of piperidine rings is 1.